The number of carbonyl (C=O) groups excluding carboxylic acids is 1. The van der Waals surface area contributed by atoms with Gasteiger partial charge < -0.3 is 10.1 Å². The van der Waals surface area contributed by atoms with Crippen molar-refractivity contribution < 1.29 is 18.3 Å². The van der Waals surface area contributed by atoms with E-state index in [2.05, 4.69) is 10.3 Å². The number of carbonyl (C=O) groups is 1. The molecule has 0 radical (unpaired) electrons. The molecule has 0 atom stereocenters. The van der Waals surface area contributed by atoms with Crippen LogP contribution >= 0.6 is 0 Å². The first-order valence-electron chi connectivity index (χ1n) is 6.81. The third-order valence-electron chi connectivity index (χ3n) is 3.26. The Morgan fingerprint density at radius 3 is 2.83 bits per heavy atom. The molecule has 3 aromatic rings. The zero-order chi connectivity index (χ0) is 16.4. The molecule has 1 amide bonds. The average molecular weight is 317 g/mol. The number of methoxy groups -OCH3 is 1. The molecule has 1 N–H and O–H groups in total. The van der Waals surface area contributed by atoms with Gasteiger partial charge in [-0.3, -0.25) is 9.20 Å². The van der Waals surface area contributed by atoms with E-state index < -0.39 is 11.6 Å². The third-order valence-corrected chi connectivity index (χ3v) is 3.26. The van der Waals surface area contributed by atoms with Crippen molar-refractivity contribution in [3.05, 3.63) is 54.2 Å². The van der Waals surface area contributed by atoms with Gasteiger partial charge in [0, 0.05) is 18.9 Å². The summed E-state index contributed by atoms with van der Waals surface area (Å²) in [5.74, 6) is -1.92. The number of benzene rings is 1. The molecule has 1 aromatic carbocycles. The maximum atomic E-state index is 13.5. The zero-order valence-corrected chi connectivity index (χ0v) is 12.2. The molecule has 0 saturated heterocycles. The Hall–Kier alpha value is -2.80. The summed E-state index contributed by atoms with van der Waals surface area (Å²) >= 11 is 0. The molecule has 0 bridgehead atoms. The number of ether oxygens (including phenoxy) is 1. The number of amides is 1. The van der Waals surface area contributed by atoms with Crippen molar-refractivity contribution in [2.75, 3.05) is 19.0 Å². The second-order valence-corrected chi connectivity index (χ2v) is 4.85. The van der Waals surface area contributed by atoms with Gasteiger partial charge in [0.25, 0.3) is 5.91 Å². The van der Waals surface area contributed by atoms with Crippen LogP contribution in [0.5, 0.6) is 0 Å². The van der Waals surface area contributed by atoms with Crippen molar-refractivity contribution in [3.8, 4) is 11.3 Å². The molecule has 0 aliphatic rings. The number of anilines is 1. The Labute approximate surface area is 130 Å². The number of halogens is 2. The molecule has 5 nitrogen and oxygen atoms in total. The van der Waals surface area contributed by atoms with E-state index >= 15 is 0 Å². The number of nitrogens with zero attached hydrogens (tertiary/aromatic N) is 2. The first-order valence-corrected chi connectivity index (χ1v) is 6.81. The van der Waals surface area contributed by atoms with Crippen LogP contribution in [0.4, 0.5) is 14.6 Å². The first-order chi connectivity index (χ1) is 11.1. The van der Waals surface area contributed by atoms with Crippen molar-refractivity contribution in [2.45, 2.75) is 0 Å². The SMILES string of the molecule is COCC(=O)Nc1c(-c2ccc(F)c(F)c2)nc2ccccn12. The van der Waals surface area contributed by atoms with Gasteiger partial charge in [0.15, 0.2) is 11.6 Å². The molecule has 0 spiro atoms. The lowest BCUT2D eigenvalue weighted by Gasteiger charge is -2.07. The van der Waals surface area contributed by atoms with E-state index in [1.165, 1.54) is 13.2 Å². The summed E-state index contributed by atoms with van der Waals surface area (Å²) < 4.78 is 33.1. The predicted octanol–water partition coefficient (Wildman–Crippen LogP) is 2.86. The highest BCUT2D eigenvalue weighted by Gasteiger charge is 2.17. The quantitative estimate of drug-likeness (QED) is 0.805. The van der Waals surface area contributed by atoms with Gasteiger partial charge in [0.05, 0.1) is 0 Å². The number of pyridine rings is 1. The lowest BCUT2D eigenvalue weighted by atomic mass is 10.1. The van der Waals surface area contributed by atoms with Crippen molar-refractivity contribution >= 4 is 17.4 Å². The van der Waals surface area contributed by atoms with Crippen LogP contribution in [0.25, 0.3) is 16.9 Å². The third kappa shape index (κ3) is 2.91. The normalized spacial score (nSPS) is 10.9. The molecule has 3 rings (SSSR count). The van der Waals surface area contributed by atoms with Crippen LogP contribution in [0.3, 0.4) is 0 Å². The Morgan fingerprint density at radius 1 is 1.26 bits per heavy atom. The molecular weight excluding hydrogens is 304 g/mol. The van der Waals surface area contributed by atoms with Gasteiger partial charge in [-0.2, -0.15) is 0 Å². The summed E-state index contributed by atoms with van der Waals surface area (Å²) in [6.45, 7) is -0.128. The Bertz CT molecular complexity index is 877. The minimum absolute atomic E-state index is 0.128. The van der Waals surface area contributed by atoms with Gasteiger partial charge in [-0.1, -0.05) is 6.07 Å². The molecule has 2 aromatic heterocycles. The smallest absolute Gasteiger partial charge is 0.251 e. The van der Waals surface area contributed by atoms with Crippen LogP contribution in [-0.2, 0) is 9.53 Å². The number of fused-ring (bicyclic) bond motifs is 1. The van der Waals surface area contributed by atoms with Crippen LogP contribution in [0.1, 0.15) is 0 Å². The summed E-state index contributed by atoms with van der Waals surface area (Å²) in [5.41, 5.74) is 1.28. The van der Waals surface area contributed by atoms with E-state index in [9.17, 15) is 13.6 Å². The Kier molecular flexibility index (Phi) is 4.03. The van der Waals surface area contributed by atoms with Gasteiger partial charge >= 0.3 is 0 Å². The van der Waals surface area contributed by atoms with E-state index in [-0.39, 0.29) is 12.5 Å². The van der Waals surface area contributed by atoms with Crippen LogP contribution < -0.4 is 5.32 Å². The fraction of sp³-hybridized carbons (Fsp3) is 0.125. The zero-order valence-electron chi connectivity index (χ0n) is 12.2. The molecule has 0 aliphatic carbocycles. The number of hydrogen-bond donors (Lipinski definition) is 1. The largest absolute Gasteiger partial charge is 0.375 e. The number of imidazole rings is 1. The average Bonchev–Trinajstić information content (AvgIpc) is 2.89. The highest BCUT2D eigenvalue weighted by molar-refractivity contribution is 5.95. The van der Waals surface area contributed by atoms with E-state index in [1.54, 1.807) is 28.8 Å². The fourth-order valence-corrected chi connectivity index (χ4v) is 2.26. The van der Waals surface area contributed by atoms with E-state index in [0.717, 1.165) is 12.1 Å². The van der Waals surface area contributed by atoms with Gasteiger partial charge in [-0.05, 0) is 30.3 Å². The number of nitrogens with one attached hydrogen (secondary N) is 1. The maximum Gasteiger partial charge on any atom is 0.251 e. The highest BCUT2D eigenvalue weighted by atomic mass is 19.2. The molecule has 2 heterocycles. The highest BCUT2D eigenvalue weighted by Crippen LogP contribution is 2.29. The molecule has 0 saturated carbocycles. The number of rotatable bonds is 4. The number of hydrogen-bond acceptors (Lipinski definition) is 3. The Morgan fingerprint density at radius 2 is 2.09 bits per heavy atom. The lowest BCUT2D eigenvalue weighted by Crippen LogP contribution is -2.18. The van der Waals surface area contributed by atoms with Crippen molar-refractivity contribution in [1.29, 1.82) is 0 Å². The first kappa shape index (κ1) is 15.1. The topological polar surface area (TPSA) is 55.6 Å². The summed E-state index contributed by atoms with van der Waals surface area (Å²) in [7, 11) is 1.41. The minimum atomic E-state index is -0.978. The van der Waals surface area contributed by atoms with Crippen molar-refractivity contribution in [2.24, 2.45) is 0 Å². The van der Waals surface area contributed by atoms with Crippen molar-refractivity contribution in [1.82, 2.24) is 9.38 Å². The fourth-order valence-electron chi connectivity index (χ4n) is 2.26. The molecular formula is C16H13F2N3O2. The van der Waals surface area contributed by atoms with E-state index in [1.807, 2.05) is 0 Å². The van der Waals surface area contributed by atoms with Gasteiger partial charge in [0.1, 0.15) is 23.8 Å². The standard InChI is InChI=1S/C16H13F2N3O2/c1-23-9-14(22)20-16-15(10-5-6-11(17)12(18)8-10)19-13-4-2-3-7-21(13)16/h2-8H,9H2,1H3,(H,20,22). The molecule has 0 aliphatic heterocycles. The monoisotopic (exact) mass is 317 g/mol. The molecule has 118 valence electrons. The van der Waals surface area contributed by atoms with Gasteiger partial charge in [-0.15, -0.1) is 0 Å². The lowest BCUT2D eigenvalue weighted by molar-refractivity contribution is -0.119. The number of aromatic nitrogens is 2. The molecule has 0 unspecified atom stereocenters. The summed E-state index contributed by atoms with van der Waals surface area (Å²) in [5, 5.41) is 2.69. The summed E-state index contributed by atoms with van der Waals surface area (Å²) in [6, 6.07) is 8.79. The summed E-state index contributed by atoms with van der Waals surface area (Å²) in [4.78, 5) is 16.2. The van der Waals surface area contributed by atoms with Crippen LogP contribution in [0, 0.1) is 11.6 Å². The van der Waals surface area contributed by atoms with Crippen molar-refractivity contribution in [3.63, 3.8) is 0 Å². The second kappa shape index (κ2) is 6.13. The predicted molar refractivity (Wildman–Crippen MR) is 81.0 cm³/mol. The van der Waals surface area contributed by atoms with Gasteiger partial charge in [0.2, 0.25) is 0 Å². The van der Waals surface area contributed by atoms with Crippen LogP contribution in [0.2, 0.25) is 0 Å². The van der Waals surface area contributed by atoms with E-state index in [0.29, 0.717) is 22.7 Å². The maximum absolute atomic E-state index is 13.5. The van der Waals surface area contributed by atoms with Gasteiger partial charge in [-0.25, -0.2) is 13.8 Å². The molecule has 0 fully saturated rings. The minimum Gasteiger partial charge on any atom is -0.375 e. The molecule has 7 heteroatoms. The van der Waals surface area contributed by atoms with Crippen LogP contribution in [-0.4, -0.2) is 29.0 Å². The Balaban J connectivity index is 2.14. The molecule has 23 heavy (non-hydrogen) atoms. The second-order valence-electron chi connectivity index (χ2n) is 4.85. The van der Waals surface area contributed by atoms with Crippen LogP contribution in [0.15, 0.2) is 42.6 Å². The van der Waals surface area contributed by atoms with E-state index in [4.69, 9.17) is 4.74 Å². The summed E-state index contributed by atoms with van der Waals surface area (Å²) in [6.07, 6.45) is 1.72.